The van der Waals surface area contributed by atoms with Gasteiger partial charge in [-0.3, -0.25) is 4.79 Å². The van der Waals surface area contributed by atoms with E-state index in [1.807, 2.05) is 31.2 Å². The van der Waals surface area contributed by atoms with Crippen LogP contribution in [0.5, 0.6) is 0 Å². The van der Waals surface area contributed by atoms with E-state index in [0.29, 0.717) is 0 Å². The summed E-state index contributed by atoms with van der Waals surface area (Å²) < 4.78 is 0. The van der Waals surface area contributed by atoms with Crippen LogP contribution in [-0.2, 0) is 4.79 Å². The third kappa shape index (κ3) is 1.70. The molecule has 1 aromatic heterocycles. The largest absolute Gasteiger partial charge is 0.357 e. The number of aryl methyl sites for hydroxylation is 1. The SMILES string of the molecule is Cc1[nH]c2ccccc2c1NC(=O)C1CNC1. The van der Waals surface area contributed by atoms with Crippen LogP contribution >= 0.6 is 0 Å². The molecule has 0 saturated carbocycles. The minimum absolute atomic E-state index is 0.108. The number of anilines is 1. The molecule has 1 aliphatic rings. The van der Waals surface area contributed by atoms with Gasteiger partial charge in [-0.2, -0.15) is 0 Å². The summed E-state index contributed by atoms with van der Waals surface area (Å²) in [6.07, 6.45) is 0. The van der Waals surface area contributed by atoms with Crippen LogP contribution in [-0.4, -0.2) is 24.0 Å². The molecule has 1 amide bonds. The number of aromatic amines is 1. The number of rotatable bonds is 2. The number of fused-ring (bicyclic) bond motifs is 1. The smallest absolute Gasteiger partial charge is 0.230 e. The Morgan fingerprint density at radius 1 is 1.35 bits per heavy atom. The minimum Gasteiger partial charge on any atom is -0.357 e. The quantitative estimate of drug-likeness (QED) is 0.733. The van der Waals surface area contributed by atoms with E-state index in [1.165, 1.54) is 0 Å². The Labute approximate surface area is 99.4 Å². The molecule has 4 heteroatoms. The van der Waals surface area contributed by atoms with Crippen molar-refractivity contribution in [2.75, 3.05) is 18.4 Å². The van der Waals surface area contributed by atoms with E-state index in [0.717, 1.165) is 35.4 Å². The zero-order valence-corrected chi connectivity index (χ0v) is 9.71. The molecule has 0 spiro atoms. The third-order valence-corrected chi connectivity index (χ3v) is 3.29. The van der Waals surface area contributed by atoms with Gasteiger partial charge in [0, 0.05) is 29.7 Å². The molecule has 1 fully saturated rings. The maximum atomic E-state index is 11.9. The second-order valence-electron chi connectivity index (χ2n) is 4.52. The molecule has 1 aromatic carbocycles. The standard InChI is InChI=1S/C13H15N3O/c1-8-12(16-13(17)9-6-14-7-9)10-4-2-3-5-11(10)15-8/h2-5,9,14-15H,6-7H2,1H3,(H,16,17). The van der Waals surface area contributed by atoms with Crippen molar-refractivity contribution in [1.29, 1.82) is 0 Å². The Morgan fingerprint density at radius 2 is 2.12 bits per heavy atom. The highest BCUT2D eigenvalue weighted by molar-refractivity contribution is 6.04. The van der Waals surface area contributed by atoms with Crippen LogP contribution < -0.4 is 10.6 Å². The molecule has 2 heterocycles. The summed E-state index contributed by atoms with van der Waals surface area (Å²) in [5.74, 6) is 0.222. The van der Waals surface area contributed by atoms with Gasteiger partial charge in [0.15, 0.2) is 0 Å². The second kappa shape index (κ2) is 3.89. The first kappa shape index (κ1) is 10.4. The van der Waals surface area contributed by atoms with Crippen LogP contribution in [0.4, 0.5) is 5.69 Å². The number of hydrogen-bond acceptors (Lipinski definition) is 2. The Bertz CT molecular complexity index is 569. The van der Waals surface area contributed by atoms with E-state index >= 15 is 0 Å². The summed E-state index contributed by atoms with van der Waals surface area (Å²) in [6, 6.07) is 8.01. The molecule has 0 bridgehead atoms. The molecular formula is C13H15N3O. The Kier molecular flexibility index (Phi) is 2.37. The molecule has 4 nitrogen and oxygen atoms in total. The molecule has 3 rings (SSSR count). The number of carbonyl (C=O) groups excluding carboxylic acids is 1. The van der Waals surface area contributed by atoms with Gasteiger partial charge < -0.3 is 15.6 Å². The lowest BCUT2D eigenvalue weighted by atomic mass is 10.0. The van der Waals surface area contributed by atoms with Crippen molar-refractivity contribution in [3.63, 3.8) is 0 Å². The van der Waals surface area contributed by atoms with Crippen molar-refractivity contribution < 1.29 is 4.79 Å². The van der Waals surface area contributed by atoms with Gasteiger partial charge in [-0.05, 0) is 13.0 Å². The molecule has 2 aromatic rings. The van der Waals surface area contributed by atoms with Gasteiger partial charge in [-0.1, -0.05) is 18.2 Å². The summed E-state index contributed by atoms with van der Waals surface area (Å²) in [6.45, 7) is 3.55. The minimum atomic E-state index is 0.108. The highest BCUT2D eigenvalue weighted by Crippen LogP contribution is 2.27. The molecule has 3 N–H and O–H groups in total. The Morgan fingerprint density at radius 3 is 2.82 bits per heavy atom. The van der Waals surface area contributed by atoms with Gasteiger partial charge >= 0.3 is 0 Å². The molecule has 1 aliphatic heterocycles. The fraction of sp³-hybridized carbons (Fsp3) is 0.308. The summed E-state index contributed by atoms with van der Waals surface area (Å²) in [4.78, 5) is 15.2. The number of amides is 1. The molecule has 88 valence electrons. The van der Waals surface area contributed by atoms with E-state index in [9.17, 15) is 4.79 Å². The molecular weight excluding hydrogens is 214 g/mol. The Balaban J connectivity index is 1.93. The lowest BCUT2D eigenvalue weighted by molar-refractivity contribution is -0.121. The van der Waals surface area contributed by atoms with Gasteiger partial charge in [-0.25, -0.2) is 0 Å². The van der Waals surface area contributed by atoms with E-state index in [-0.39, 0.29) is 11.8 Å². The van der Waals surface area contributed by atoms with Crippen LogP contribution in [0.15, 0.2) is 24.3 Å². The normalized spacial score (nSPS) is 15.8. The fourth-order valence-electron chi connectivity index (χ4n) is 2.14. The van der Waals surface area contributed by atoms with Crippen LogP contribution in [0.2, 0.25) is 0 Å². The summed E-state index contributed by atoms with van der Waals surface area (Å²) in [5.41, 5.74) is 2.98. The third-order valence-electron chi connectivity index (χ3n) is 3.29. The number of nitrogens with one attached hydrogen (secondary N) is 3. The highest BCUT2D eigenvalue weighted by Gasteiger charge is 2.25. The number of H-pyrrole nitrogens is 1. The van der Waals surface area contributed by atoms with Crippen LogP contribution in [0.25, 0.3) is 10.9 Å². The number of para-hydroxylation sites is 1. The summed E-state index contributed by atoms with van der Waals surface area (Å²) in [7, 11) is 0. The zero-order valence-electron chi connectivity index (χ0n) is 9.71. The zero-order chi connectivity index (χ0) is 11.8. The topological polar surface area (TPSA) is 56.9 Å². The number of benzene rings is 1. The van der Waals surface area contributed by atoms with E-state index in [4.69, 9.17) is 0 Å². The van der Waals surface area contributed by atoms with Crippen LogP contribution in [0.3, 0.4) is 0 Å². The average Bonchev–Trinajstić information content (AvgIpc) is 2.53. The van der Waals surface area contributed by atoms with Crippen molar-refractivity contribution in [3.05, 3.63) is 30.0 Å². The molecule has 0 aliphatic carbocycles. The predicted octanol–water partition coefficient (Wildman–Crippen LogP) is 1.63. The molecule has 0 radical (unpaired) electrons. The van der Waals surface area contributed by atoms with E-state index < -0.39 is 0 Å². The fourth-order valence-corrected chi connectivity index (χ4v) is 2.14. The number of hydrogen-bond donors (Lipinski definition) is 3. The van der Waals surface area contributed by atoms with Gasteiger partial charge in [0.1, 0.15) is 0 Å². The highest BCUT2D eigenvalue weighted by atomic mass is 16.2. The Hall–Kier alpha value is -1.81. The average molecular weight is 229 g/mol. The molecule has 0 atom stereocenters. The van der Waals surface area contributed by atoms with Gasteiger partial charge in [-0.15, -0.1) is 0 Å². The van der Waals surface area contributed by atoms with Gasteiger partial charge in [0.25, 0.3) is 0 Å². The summed E-state index contributed by atoms with van der Waals surface area (Å²) in [5, 5.41) is 7.20. The monoisotopic (exact) mass is 229 g/mol. The first-order valence-corrected chi connectivity index (χ1v) is 5.84. The van der Waals surface area contributed by atoms with Crippen molar-refractivity contribution in [3.8, 4) is 0 Å². The second-order valence-corrected chi connectivity index (χ2v) is 4.52. The van der Waals surface area contributed by atoms with Gasteiger partial charge in [0.05, 0.1) is 11.6 Å². The van der Waals surface area contributed by atoms with Crippen molar-refractivity contribution in [2.45, 2.75) is 6.92 Å². The predicted molar refractivity (Wildman–Crippen MR) is 68.0 cm³/mol. The lowest BCUT2D eigenvalue weighted by Crippen LogP contribution is -2.48. The number of aromatic nitrogens is 1. The van der Waals surface area contributed by atoms with Gasteiger partial charge in [0.2, 0.25) is 5.91 Å². The molecule has 17 heavy (non-hydrogen) atoms. The van der Waals surface area contributed by atoms with Crippen LogP contribution in [0, 0.1) is 12.8 Å². The maximum Gasteiger partial charge on any atom is 0.230 e. The van der Waals surface area contributed by atoms with Crippen molar-refractivity contribution in [1.82, 2.24) is 10.3 Å². The molecule has 1 saturated heterocycles. The number of carbonyl (C=O) groups is 1. The van der Waals surface area contributed by atoms with Crippen LogP contribution in [0.1, 0.15) is 5.69 Å². The summed E-state index contributed by atoms with van der Waals surface area (Å²) >= 11 is 0. The van der Waals surface area contributed by atoms with E-state index in [2.05, 4.69) is 15.6 Å². The molecule has 0 unspecified atom stereocenters. The van der Waals surface area contributed by atoms with Crippen molar-refractivity contribution >= 4 is 22.5 Å². The lowest BCUT2D eigenvalue weighted by Gasteiger charge is -2.25. The van der Waals surface area contributed by atoms with Crippen molar-refractivity contribution in [2.24, 2.45) is 5.92 Å². The first-order chi connectivity index (χ1) is 8.25. The first-order valence-electron chi connectivity index (χ1n) is 5.84. The van der Waals surface area contributed by atoms with E-state index in [1.54, 1.807) is 0 Å². The maximum absolute atomic E-state index is 11.9.